The molecule has 0 bridgehead atoms. The molecular weight excluding hydrogens is 268 g/mol. The van der Waals surface area contributed by atoms with Gasteiger partial charge in [0.15, 0.2) is 11.5 Å². The van der Waals surface area contributed by atoms with E-state index in [0.717, 1.165) is 23.9 Å². The molecule has 2 aromatic rings. The van der Waals surface area contributed by atoms with Crippen LogP contribution in [-0.2, 0) is 13.1 Å². The van der Waals surface area contributed by atoms with E-state index >= 15 is 0 Å². The van der Waals surface area contributed by atoms with Gasteiger partial charge in [0, 0.05) is 12.6 Å². The van der Waals surface area contributed by atoms with Crippen molar-refractivity contribution in [2.45, 2.75) is 33.0 Å². The molecule has 0 saturated heterocycles. The zero-order valence-electron chi connectivity index (χ0n) is 12.4. The highest BCUT2D eigenvalue weighted by atomic mass is 16.6. The quantitative estimate of drug-likeness (QED) is 0.911. The van der Waals surface area contributed by atoms with Gasteiger partial charge in [0.1, 0.15) is 25.4 Å². The maximum atomic E-state index is 5.62. The minimum atomic E-state index is 0.197. The van der Waals surface area contributed by atoms with Crippen LogP contribution in [0.25, 0.3) is 0 Å². The van der Waals surface area contributed by atoms with Crippen LogP contribution in [0, 0.1) is 0 Å². The van der Waals surface area contributed by atoms with Gasteiger partial charge in [0.25, 0.3) is 0 Å². The summed E-state index contributed by atoms with van der Waals surface area (Å²) in [5, 5.41) is 11.5. The van der Waals surface area contributed by atoms with Crippen molar-refractivity contribution in [2.75, 3.05) is 13.2 Å². The Morgan fingerprint density at radius 2 is 2.10 bits per heavy atom. The van der Waals surface area contributed by atoms with Gasteiger partial charge in [0.05, 0.1) is 6.54 Å². The van der Waals surface area contributed by atoms with Crippen molar-refractivity contribution < 1.29 is 9.47 Å². The summed E-state index contributed by atoms with van der Waals surface area (Å²) in [5.74, 6) is 2.59. The second kappa shape index (κ2) is 6.13. The van der Waals surface area contributed by atoms with Gasteiger partial charge < -0.3 is 19.4 Å². The number of ether oxygens (including phenoxy) is 2. The summed E-state index contributed by atoms with van der Waals surface area (Å²) in [7, 11) is 0. The lowest BCUT2D eigenvalue weighted by atomic mass is 10.1. The first kappa shape index (κ1) is 13.9. The Morgan fingerprint density at radius 1 is 1.29 bits per heavy atom. The van der Waals surface area contributed by atoms with Crippen LogP contribution in [0.2, 0.25) is 0 Å². The molecule has 112 valence electrons. The Labute approximate surface area is 124 Å². The van der Waals surface area contributed by atoms with Crippen LogP contribution in [0.4, 0.5) is 0 Å². The normalized spacial score (nSPS) is 15.0. The highest BCUT2D eigenvalue weighted by Crippen LogP contribution is 2.32. The van der Waals surface area contributed by atoms with Crippen molar-refractivity contribution >= 4 is 0 Å². The van der Waals surface area contributed by atoms with E-state index in [4.69, 9.17) is 9.47 Å². The van der Waals surface area contributed by atoms with E-state index in [1.54, 1.807) is 6.33 Å². The number of aromatic nitrogens is 3. The Kier molecular flexibility index (Phi) is 4.06. The van der Waals surface area contributed by atoms with Crippen molar-refractivity contribution in [1.82, 2.24) is 20.1 Å². The molecular formula is C15H20N4O2. The molecule has 6 heteroatoms. The predicted octanol–water partition coefficient (Wildman–Crippen LogP) is 1.92. The molecule has 1 atom stereocenters. The van der Waals surface area contributed by atoms with Crippen molar-refractivity contribution in [3.05, 3.63) is 35.9 Å². The molecule has 0 aliphatic carbocycles. The maximum absolute atomic E-state index is 5.62. The minimum Gasteiger partial charge on any atom is -0.486 e. The monoisotopic (exact) mass is 288 g/mol. The molecule has 1 aromatic carbocycles. The van der Waals surface area contributed by atoms with Gasteiger partial charge in [-0.2, -0.15) is 0 Å². The van der Waals surface area contributed by atoms with Gasteiger partial charge in [-0.05, 0) is 31.5 Å². The van der Waals surface area contributed by atoms with Crippen LogP contribution in [-0.4, -0.2) is 28.0 Å². The predicted molar refractivity (Wildman–Crippen MR) is 78.4 cm³/mol. The van der Waals surface area contributed by atoms with Crippen LogP contribution in [0.5, 0.6) is 11.5 Å². The summed E-state index contributed by atoms with van der Waals surface area (Å²) in [4.78, 5) is 0. The van der Waals surface area contributed by atoms with Crippen LogP contribution in [0.1, 0.15) is 31.3 Å². The summed E-state index contributed by atoms with van der Waals surface area (Å²) in [6.45, 7) is 6.99. The summed E-state index contributed by atoms with van der Waals surface area (Å²) in [5.41, 5.74) is 1.17. The molecule has 6 nitrogen and oxygen atoms in total. The summed E-state index contributed by atoms with van der Waals surface area (Å²) < 4.78 is 13.2. The molecule has 1 aliphatic heterocycles. The molecule has 21 heavy (non-hydrogen) atoms. The zero-order valence-corrected chi connectivity index (χ0v) is 12.4. The van der Waals surface area contributed by atoms with Crippen molar-refractivity contribution in [1.29, 1.82) is 0 Å². The Morgan fingerprint density at radius 3 is 2.90 bits per heavy atom. The highest BCUT2D eigenvalue weighted by Gasteiger charge is 2.14. The fourth-order valence-corrected chi connectivity index (χ4v) is 2.37. The van der Waals surface area contributed by atoms with Gasteiger partial charge in [-0.3, -0.25) is 0 Å². The lowest BCUT2D eigenvalue weighted by molar-refractivity contribution is 0.171. The third-order valence-corrected chi connectivity index (χ3v) is 3.67. The molecule has 0 spiro atoms. The van der Waals surface area contributed by atoms with E-state index in [1.807, 2.05) is 16.7 Å². The molecule has 0 saturated carbocycles. The van der Waals surface area contributed by atoms with Crippen molar-refractivity contribution in [3.8, 4) is 11.5 Å². The second-order valence-corrected chi connectivity index (χ2v) is 5.04. The third-order valence-electron chi connectivity index (χ3n) is 3.67. The fraction of sp³-hybridized carbons (Fsp3) is 0.467. The van der Waals surface area contributed by atoms with Crippen LogP contribution in [0.3, 0.4) is 0 Å². The van der Waals surface area contributed by atoms with Crippen LogP contribution < -0.4 is 14.8 Å². The lowest BCUT2D eigenvalue weighted by Gasteiger charge is -2.21. The van der Waals surface area contributed by atoms with Gasteiger partial charge in [0.2, 0.25) is 0 Å². The third kappa shape index (κ3) is 3.00. The number of rotatable bonds is 5. The lowest BCUT2D eigenvalue weighted by Crippen LogP contribution is -2.21. The summed E-state index contributed by atoms with van der Waals surface area (Å²) >= 11 is 0. The first-order valence-corrected chi connectivity index (χ1v) is 7.27. The van der Waals surface area contributed by atoms with E-state index in [-0.39, 0.29) is 6.04 Å². The number of nitrogens with one attached hydrogen (secondary N) is 1. The average molecular weight is 288 g/mol. The molecule has 1 aliphatic rings. The number of fused-ring (bicyclic) bond motifs is 1. The van der Waals surface area contributed by atoms with E-state index in [2.05, 4.69) is 35.4 Å². The van der Waals surface area contributed by atoms with Gasteiger partial charge in [-0.25, -0.2) is 0 Å². The molecule has 3 rings (SSSR count). The first-order valence-electron chi connectivity index (χ1n) is 7.27. The van der Waals surface area contributed by atoms with E-state index in [9.17, 15) is 0 Å². The number of aryl methyl sites for hydroxylation is 1. The van der Waals surface area contributed by atoms with Gasteiger partial charge >= 0.3 is 0 Å². The zero-order chi connectivity index (χ0) is 14.7. The van der Waals surface area contributed by atoms with Gasteiger partial charge in [-0.1, -0.05) is 6.07 Å². The smallest absolute Gasteiger partial charge is 0.161 e. The van der Waals surface area contributed by atoms with E-state index in [0.29, 0.717) is 19.8 Å². The Balaban J connectivity index is 1.66. The maximum Gasteiger partial charge on any atom is 0.161 e. The fourth-order valence-electron chi connectivity index (χ4n) is 2.37. The first-order chi connectivity index (χ1) is 10.3. The molecule has 1 aromatic heterocycles. The minimum absolute atomic E-state index is 0.197. The molecule has 0 radical (unpaired) electrons. The average Bonchev–Trinajstić information content (AvgIpc) is 2.99. The molecule has 0 fully saturated rings. The number of hydrogen-bond acceptors (Lipinski definition) is 5. The van der Waals surface area contributed by atoms with Crippen molar-refractivity contribution in [2.24, 2.45) is 0 Å². The number of benzene rings is 1. The largest absolute Gasteiger partial charge is 0.486 e. The Bertz CT molecular complexity index is 611. The topological polar surface area (TPSA) is 61.2 Å². The molecule has 1 unspecified atom stereocenters. The Hall–Kier alpha value is -2.08. The number of nitrogens with zero attached hydrogens (tertiary/aromatic N) is 3. The SMILES string of the molecule is CCn1cnnc1CNC(C)c1ccc2c(c1)OCCO2. The van der Waals surface area contributed by atoms with Crippen LogP contribution in [0.15, 0.2) is 24.5 Å². The molecule has 2 heterocycles. The van der Waals surface area contributed by atoms with E-state index in [1.165, 1.54) is 5.56 Å². The summed E-state index contributed by atoms with van der Waals surface area (Å²) in [6, 6.07) is 6.27. The second-order valence-electron chi connectivity index (χ2n) is 5.04. The van der Waals surface area contributed by atoms with Crippen LogP contribution >= 0.6 is 0 Å². The highest BCUT2D eigenvalue weighted by molar-refractivity contribution is 5.44. The molecule has 0 amide bonds. The van der Waals surface area contributed by atoms with Crippen molar-refractivity contribution in [3.63, 3.8) is 0 Å². The number of hydrogen-bond donors (Lipinski definition) is 1. The van der Waals surface area contributed by atoms with Gasteiger partial charge in [-0.15, -0.1) is 10.2 Å². The standard InChI is InChI=1S/C15H20N4O2/c1-3-19-10-17-18-15(19)9-16-11(2)12-4-5-13-14(8-12)21-7-6-20-13/h4-5,8,10-11,16H,3,6-7,9H2,1-2H3. The molecule has 1 N–H and O–H groups in total. The summed E-state index contributed by atoms with van der Waals surface area (Å²) in [6.07, 6.45) is 1.76. The van der Waals surface area contributed by atoms with E-state index < -0.39 is 0 Å².